The molecule has 0 aliphatic rings. The van der Waals surface area contributed by atoms with Crippen molar-refractivity contribution in [2.75, 3.05) is 19.0 Å². The summed E-state index contributed by atoms with van der Waals surface area (Å²) < 4.78 is 11.7. The Morgan fingerprint density at radius 2 is 2.06 bits per heavy atom. The molecule has 0 unspecified atom stereocenters. The Kier molecular flexibility index (Phi) is 4.93. The normalized spacial score (nSPS) is 10.4. The van der Waals surface area contributed by atoms with E-state index in [2.05, 4.69) is 35.1 Å². The number of ether oxygens (including phenoxy) is 2. The van der Waals surface area contributed by atoms with Crippen LogP contribution >= 0.6 is 15.9 Å². The lowest BCUT2D eigenvalue weighted by Crippen LogP contribution is -2.10. The smallest absolute Gasteiger partial charge is 0.175 e. The Labute approximate surface area is 105 Å². The van der Waals surface area contributed by atoms with Gasteiger partial charge in [0, 0.05) is 17.8 Å². The Morgan fingerprint density at radius 1 is 1.38 bits per heavy atom. The standard InChI is InChI=1S/C12H18BrNO2/c1-5-16-11-7-9(14-8(2)3)6-10(13)12(11)15-4/h6-8,14H,5H2,1-4H3. The third-order valence-electron chi connectivity index (χ3n) is 1.97. The summed E-state index contributed by atoms with van der Waals surface area (Å²) in [5.74, 6) is 1.48. The first-order valence-corrected chi connectivity index (χ1v) is 6.14. The van der Waals surface area contributed by atoms with Crippen molar-refractivity contribution < 1.29 is 9.47 Å². The van der Waals surface area contributed by atoms with E-state index >= 15 is 0 Å². The summed E-state index contributed by atoms with van der Waals surface area (Å²) in [6.07, 6.45) is 0. The van der Waals surface area contributed by atoms with E-state index in [-0.39, 0.29) is 0 Å². The zero-order valence-corrected chi connectivity index (χ0v) is 11.7. The maximum absolute atomic E-state index is 5.54. The predicted molar refractivity (Wildman–Crippen MR) is 70.6 cm³/mol. The lowest BCUT2D eigenvalue weighted by atomic mass is 10.2. The SMILES string of the molecule is CCOc1cc(NC(C)C)cc(Br)c1OC. The lowest BCUT2D eigenvalue weighted by molar-refractivity contribution is 0.310. The van der Waals surface area contributed by atoms with Gasteiger partial charge in [-0.05, 0) is 42.8 Å². The van der Waals surface area contributed by atoms with Crippen molar-refractivity contribution in [3.8, 4) is 11.5 Å². The minimum atomic E-state index is 0.384. The minimum Gasteiger partial charge on any atom is -0.492 e. The number of benzene rings is 1. The second-order valence-corrected chi connectivity index (χ2v) is 4.58. The van der Waals surface area contributed by atoms with E-state index < -0.39 is 0 Å². The van der Waals surface area contributed by atoms with Gasteiger partial charge in [-0.1, -0.05) is 0 Å². The number of hydrogen-bond donors (Lipinski definition) is 1. The Balaban J connectivity index is 3.06. The van der Waals surface area contributed by atoms with Crippen LogP contribution in [0, 0.1) is 0 Å². The molecule has 0 aromatic heterocycles. The molecule has 0 fully saturated rings. The molecule has 4 heteroatoms. The highest BCUT2D eigenvalue weighted by molar-refractivity contribution is 9.10. The first-order chi connectivity index (χ1) is 7.58. The maximum atomic E-state index is 5.54. The molecule has 0 saturated heterocycles. The van der Waals surface area contributed by atoms with Gasteiger partial charge in [-0.15, -0.1) is 0 Å². The number of methoxy groups -OCH3 is 1. The van der Waals surface area contributed by atoms with Gasteiger partial charge in [0.1, 0.15) is 0 Å². The van der Waals surface area contributed by atoms with Gasteiger partial charge in [0.05, 0.1) is 18.2 Å². The fraction of sp³-hybridized carbons (Fsp3) is 0.500. The van der Waals surface area contributed by atoms with Crippen LogP contribution in [-0.2, 0) is 0 Å². The van der Waals surface area contributed by atoms with Crippen molar-refractivity contribution in [3.63, 3.8) is 0 Å². The van der Waals surface area contributed by atoms with E-state index in [1.807, 2.05) is 19.1 Å². The Bertz CT molecular complexity index is 353. The summed E-state index contributed by atoms with van der Waals surface area (Å²) in [6.45, 7) is 6.76. The van der Waals surface area contributed by atoms with Crippen LogP contribution in [0.25, 0.3) is 0 Å². The van der Waals surface area contributed by atoms with E-state index in [0.29, 0.717) is 12.6 Å². The molecule has 1 aromatic carbocycles. The third-order valence-corrected chi connectivity index (χ3v) is 2.56. The van der Waals surface area contributed by atoms with E-state index in [1.54, 1.807) is 7.11 Å². The minimum absolute atomic E-state index is 0.384. The lowest BCUT2D eigenvalue weighted by Gasteiger charge is -2.15. The quantitative estimate of drug-likeness (QED) is 0.896. The van der Waals surface area contributed by atoms with Gasteiger partial charge >= 0.3 is 0 Å². The van der Waals surface area contributed by atoms with Crippen LogP contribution in [-0.4, -0.2) is 19.8 Å². The van der Waals surface area contributed by atoms with E-state index in [0.717, 1.165) is 21.7 Å². The maximum Gasteiger partial charge on any atom is 0.175 e. The Hall–Kier alpha value is -0.900. The fourth-order valence-corrected chi connectivity index (χ4v) is 2.05. The summed E-state index contributed by atoms with van der Waals surface area (Å²) in [5.41, 5.74) is 1.02. The van der Waals surface area contributed by atoms with Crippen molar-refractivity contribution >= 4 is 21.6 Å². The number of hydrogen-bond acceptors (Lipinski definition) is 3. The summed E-state index contributed by atoms with van der Waals surface area (Å²) in [4.78, 5) is 0. The molecule has 0 amide bonds. The van der Waals surface area contributed by atoms with Gasteiger partial charge in [-0.25, -0.2) is 0 Å². The van der Waals surface area contributed by atoms with E-state index in [1.165, 1.54) is 0 Å². The number of anilines is 1. The van der Waals surface area contributed by atoms with Gasteiger partial charge in [0.15, 0.2) is 11.5 Å². The molecule has 3 nitrogen and oxygen atoms in total. The first kappa shape index (κ1) is 13.2. The fourth-order valence-electron chi connectivity index (χ4n) is 1.45. The largest absolute Gasteiger partial charge is 0.492 e. The summed E-state index contributed by atoms with van der Waals surface area (Å²) in [6, 6.07) is 4.32. The third kappa shape index (κ3) is 3.30. The average Bonchev–Trinajstić information content (AvgIpc) is 2.16. The summed E-state index contributed by atoms with van der Waals surface area (Å²) in [7, 11) is 1.64. The van der Waals surface area contributed by atoms with Crippen molar-refractivity contribution in [3.05, 3.63) is 16.6 Å². The molecule has 0 aliphatic carbocycles. The van der Waals surface area contributed by atoms with Crippen molar-refractivity contribution in [1.29, 1.82) is 0 Å². The van der Waals surface area contributed by atoms with Gasteiger partial charge < -0.3 is 14.8 Å². The zero-order valence-electron chi connectivity index (χ0n) is 10.1. The molecule has 0 saturated carbocycles. The van der Waals surface area contributed by atoms with Crippen molar-refractivity contribution in [2.24, 2.45) is 0 Å². The highest BCUT2D eigenvalue weighted by Crippen LogP contribution is 2.38. The molecule has 0 radical (unpaired) electrons. The number of halogens is 1. The molecule has 0 heterocycles. The summed E-state index contributed by atoms with van der Waals surface area (Å²) in [5, 5.41) is 3.33. The molecule has 90 valence electrons. The van der Waals surface area contributed by atoms with Gasteiger partial charge in [-0.2, -0.15) is 0 Å². The van der Waals surface area contributed by atoms with E-state index in [9.17, 15) is 0 Å². The van der Waals surface area contributed by atoms with Crippen molar-refractivity contribution in [1.82, 2.24) is 0 Å². The molecule has 1 aromatic rings. The molecule has 0 bridgehead atoms. The van der Waals surface area contributed by atoms with Crippen LogP contribution in [0.5, 0.6) is 11.5 Å². The van der Waals surface area contributed by atoms with Crippen LogP contribution in [0.2, 0.25) is 0 Å². The van der Waals surface area contributed by atoms with Crippen LogP contribution in [0.4, 0.5) is 5.69 Å². The summed E-state index contributed by atoms with van der Waals surface area (Å²) >= 11 is 3.47. The number of rotatable bonds is 5. The molecule has 1 rings (SSSR count). The van der Waals surface area contributed by atoms with Gasteiger partial charge in [0.2, 0.25) is 0 Å². The van der Waals surface area contributed by atoms with Gasteiger partial charge in [-0.3, -0.25) is 0 Å². The first-order valence-electron chi connectivity index (χ1n) is 5.35. The second-order valence-electron chi connectivity index (χ2n) is 3.72. The Morgan fingerprint density at radius 3 is 2.56 bits per heavy atom. The molecule has 0 spiro atoms. The van der Waals surface area contributed by atoms with Crippen LogP contribution < -0.4 is 14.8 Å². The molecule has 0 atom stereocenters. The molecule has 0 aliphatic heterocycles. The van der Waals surface area contributed by atoms with Gasteiger partial charge in [0.25, 0.3) is 0 Å². The highest BCUT2D eigenvalue weighted by atomic mass is 79.9. The molecular formula is C12H18BrNO2. The zero-order chi connectivity index (χ0) is 12.1. The van der Waals surface area contributed by atoms with E-state index in [4.69, 9.17) is 9.47 Å². The van der Waals surface area contributed by atoms with Crippen LogP contribution in [0.15, 0.2) is 16.6 Å². The van der Waals surface area contributed by atoms with Crippen molar-refractivity contribution in [2.45, 2.75) is 26.8 Å². The monoisotopic (exact) mass is 287 g/mol. The van der Waals surface area contributed by atoms with Crippen LogP contribution in [0.1, 0.15) is 20.8 Å². The molecular weight excluding hydrogens is 270 g/mol. The number of nitrogens with one attached hydrogen (secondary N) is 1. The average molecular weight is 288 g/mol. The molecule has 1 N–H and O–H groups in total. The highest BCUT2D eigenvalue weighted by Gasteiger charge is 2.11. The predicted octanol–water partition coefficient (Wildman–Crippen LogP) is 3.68. The second kappa shape index (κ2) is 5.99. The topological polar surface area (TPSA) is 30.5 Å². The van der Waals surface area contributed by atoms with Crippen LogP contribution in [0.3, 0.4) is 0 Å². The molecule has 16 heavy (non-hydrogen) atoms.